The van der Waals surface area contributed by atoms with E-state index in [2.05, 4.69) is 51.9 Å². The van der Waals surface area contributed by atoms with Crippen LogP contribution < -0.4 is 4.65 Å². The van der Waals surface area contributed by atoms with Crippen LogP contribution in [0.15, 0.2) is 24.3 Å². The Kier molecular flexibility index (Phi) is 4.74. The highest BCUT2D eigenvalue weighted by Gasteiger charge is 2.06. The standard InChI is InChI=1S/C13H21BO/c1-5-14(4)15-13-8-6-12(7-9-13)10-11(2)3/h6-9,11H,5,10H2,1-4H3. The molecule has 0 radical (unpaired) electrons. The van der Waals surface area contributed by atoms with Gasteiger partial charge in [0.05, 0.1) is 5.75 Å². The zero-order chi connectivity index (χ0) is 11.3. The van der Waals surface area contributed by atoms with Crippen molar-refractivity contribution in [2.45, 2.75) is 40.3 Å². The maximum absolute atomic E-state index is 5.72. The van der Waals surface area contributed by atoms with Gasteiger partial charge in [-0.2, -0.15) is 0 Å². The van der Waals surface area contributed by atoms with Crippen molar-refractivity contribution < 1.29 is 4.65 Å². The van der Waals surface area contributed by atoms with Gasteiger partial charge in [0.1, 0.15) is 0 Å². The van der Waals surface area contributed by atoms with Crippen LogP contribution in [-0.4, -0.2) is 6.92 Å². The van der Waals surface area contributed by atoms with Gasteiger partial charge in [0.15, 0.2) is 0 Å². The summed E-state index contributed by atoms with van der Waals surface area (Å²) in [5, 5.41) is 0. The third kappa shape index (κ3) is 4.41. The first-order valence-corrected chi connectivity index (χ1v) is 5.87. The van der Waals surface area contributed by atoms with E-state index < -0.39 is 0 Å². The molecule has 1 nitrogen and oxygen atoms in total. The van der Waals surface area contributed by atoms with Crippen LogP contribution >= 0.6 is 0 Å². The summed E-state index contributed by atoms with van der Waals surface area (Å²) in [5.41, 5.74) is 1.39. The Hall–Kier alpha value is -0.915. The molecule has 1 rings (SSSR count). The summed E-state index contributed by atoms with van der Waals surface area (Å²) in [6, 6.07) is 8.48. The third-order valence-corrected chi connectivity index (χ3v) is 2.48. The van der Waals surface area contributed by atoms with Crippen molar-refractivity contribution in [3.8, 4) is 5.75 Å². The SMILES string of the molecule is CCB(C)Oc1ccc(CC(C)C)cc1. The highest BCUT2D eigenvalue weighted by atomic mass is 16.4. The molecule has 0 aromatic heterocycles. The average Bonchev–Trinajstić information content (AvgIpc) is 2.20. The Morgan fingerprint density at radius 3 is 2.27 bits per heavy atom. The summed E-state index contributed by atoms with van der Waals surface area (Å²) in [7, 11) is 0. The van der Waals surface area contributed by atoms with E-state index >= 15 is 0 Å². The third-order valence-electron chi connectivity index (χ3n) is 2.48. The Bertz CT molecular complexity index is 279. The molecule has 0 amide bonds. The van der Waals surface area contributed by atoms with Gasteiger partial charge in [0.2, 0.25) is 0 Å². The van der Waals surface area contributed by atoms with Crippen molar-refractivity contribution in [1.29, 1.82) is 0 Å². The summed E-state index contributed by atoms with van der Waals surface area (Å²) in [4.78, 5) is 0. The molecule has 82 valence electrons. The first-order valence-electron chi connectivity index (χ1n) is 5.87. The second-order valence-corrected chi connectivity index (χ2v) is 4.58. The van der Waals surface area contributed by atoms with Crippen LogP contribution in [0.4, 0.5) is 0 Å². The Morgan fingerprint density at radius 1 is 1.20 bits per heavy atom. The molecule has 1 aromatic carbocycles. The minimum absolute atomic E-state index is 0.306. The van der Waals surface area contributed by atoms with Crippen molar-refractivity contribution in [3.05, 3.63) is 29.8 Å². The monoisotopic (exact) mass is 204 g/mol. The lowest BCUT2D eigenvalue weighted by molar-refractivity contribution is 0.572. The van der Waals surface area contributed by atoms with Gasteiger partial charge in [0, 0.05) is 0 Å². The number of hydrogen-bond acceptors (Lipinski definition) is 1. The second-order valence-electron chi connectivity index (χ2n) is 4.58. The van der Waals surface area contributed by atoms with Crippen LogP contribution in [0.3, 0.4) is 0 Å². The van der Waals surface area contributed by atoms with Gasteiger partial charge in [-0.05, 0) is 43.2 Å². The molecule has 15 heavy (non-hydrogen) atoms. The summed E-state index contributed by atoms with van der Waals surface area (Å²) >= 11 is 0. The van der Waals surface area contributed by atoms with Gasteiger partial charge in [-0.15, -0.1) is 0 Å². The van der Waals surface area contributed by atoms with E-state index in [1.54, 1.807) is 0 Å². The summed E-state index contributed by atoms with van der Waals surface area (Å²) in [6.07, 6.45) is 2.19. The zero-order valence-electron chi connectivity index (χ0n) is 10.3. The fourth-order valence-electron chi connectivity index (χ4n) is 1.49. The van der Waals surface area contributed by atoms with Crippen LogP contribution in [0.25, 0.3) is 0 Å². The molecule has 0 aliphatic carbocycles. The number of rotatable bonds is 5. The second kappa shape index (κ2) is 5.84. The maximum Gasteiger partial charge on any atom is 0.354 e. The largest absolute Gasteiger partial charge is 0.561 e. The smallest absolute Gasteiger partial charge is 0.354 e. The lowest BCUT2D eigenvalue weighted by Crippen LogP contribution is -2.14. The van der Waals surface area contributed by atoms with Crippen LogP contribution in [0.2, 0.25) is 13.1 Å². The molecule has 0 aliphatic rings. The van der Waals surface area contributed by atoms with Gasteiger partial charge in [0.25, 0.3) is 0 Å². The molecule has 1 aromatic rings. The Balaban J connectivity index is 2.56. The lowest BCUT2D eigenvalue weighted by atomic mass is 9.68. The summed E-state index contributed by atoms with van der Waals surface area (Å²) < 4.78 is 5.72. The van der Waals surface area contributed by atoms with Gasteiger partial charge in [-0.3, -0.25) is 0 Å². The first kappa shape index (κ1) is 12.2. The van der Waals surface area contributed by atoms with Gasteiger partial charge >= 0.3 is 6.92 Å². The normalized spacial score (nSPS) is 10.5. The fraction of sp³-hybridized carbons (Fsp3) is 0.538. The minimum atomic E-state index is 0.306. The molecular weight excluding hydrogens is 183 g/mol. The zero-order valence-corrected chi connectivity index (χ0v) is 10.3. The van der Waals surface area contributed by atoms with E-state index in [-0.39, 0.29) is 0 Å². The van der Waals surface area contributed by atoms with Crippen molar-refractivity contribution in [3.63, 3.8) is 0 Å². The molecule has 0 fully saturated rings. The highest BCUT2D eigenvalue weighted by molar-refractivity contribution is 6.50. The predicted molar refractivity (Wildman–Crippen MR) is 67.7 cm³/mol. The molecule has 0 atom stereocenters. The Morgan fingerprint density at radius 2 is 1.80 bits per heavy atom. The molecule has 0 bridgehead atoms. The van der Waals surface area contributed by atoms with Crippen molar-refractivity contribution in [2.75, 3.05) is 0 Å². The van der Waals surface area contributed by atoms with Crippen LogP contribution in [0.1, 0.15) is 26.3 Å². The molecule has 0 saturated carbocycles. The van der Waals surface area contributed by atoms with Crippen molar-refractivity contribution in [2.24, 2.45) is 5.92 Å². The average molecular weight is 204 g/mol. The molecule has 2 heteroatoms. The molecule has 0 saturated heterocycles. The number of benzene rings is 1. The minimum Gasteiger partial charge on any atom is -0.561 e. The summed E-state index contributed by atoms with van der Waals surface area (Å²) in [6.45, 7) is 9.02. The van der Waals surface area contributed by atoms with Crippen LogP contribution in [-0.2, 0) is 6.42 Å². The lowest BCUT2D eigenvalue weighted by Gasteiger charge is -2.11. The molecular formula is C13H21BO. The van der Waals surface area contributed by atoms with Crippen LogP contribution in [0.5, 0.6) is 5.75 Å². The van der Waals surface area contributed by atoms with Gasteiger partial charge in [-0.1, -0.05) is 32.9 Å². The van der Waals surface area contributed by atoms with Crippen molar-refractivity contribution in [1.82, 2.24) is 0 Å². The van der Waals surface area contributed by atoms with Crippen LogP contribution in [0, 0.1) is 5.92 Å². The van der Waals surface area contributed by atoms with E-state index in [0.717, 1.165) is 18.5 Å². The molecule has 0 unspecified atom stereocenters. The molecule has 0 N–H and O–H groups in total. The fourth-order valence-corrected chi connectivity index (χ4v) is 1.49. The van der Waals surface area contributed by atoms with Gasteiger partial charge < -0.3 is 4.65 Å². The summed E-state index contributed by atoms with van der Waals surface area (Å²) in [5.74, 6) is 1.70. The number of hydrogen-bond donors (Lipinski definition) is 0. The first-order chi connectivity index (χ1) is 7.11. The van der Waals surface area contributed by atoms with E-state index in [0.29, 0.717) is 12.8 Å². The van der Waals surface area contributed by atoms with E-state index in [4.69, 9.17) is 4.65 Å². The van der Waals surface area contributed by atoms with E-state index in [9.17, 15) is 0 Å². The topological polar surface area (TPSA) is 9.23 Å². The quantitative estimate of drug-likeness (QED) is 0.660. The Labute approximate surface area is 94.0 Å². The molecule has 0 spiro atoms. The molecule has 0 heterocycles. The van der Waals surface area contributed by atoms with E-state index in [1.807, 2.05) is 0 Å². The molecule has 0 aliphatic heterocycles. The highest BCUT2D eigenvalue weighted by Crippen LogP contribution is 2.16. The van der Waals surface area contributed by atoms with Crippen molar-refractivity contribution >= 4 is 6.92 Å². The van der Waals surface area contributed by atoms with E-state index in [1.165, 1.54) is 5.56 Å². The van der Waals surface area contributed by atoms with Gasteiger partial charge in [-0.25, -0.2) is 0 Å². The maximum atomic E-state index is 5.72. The predicted octanol–water partition coefficient (Wildman–Crippen LogP) is 3.91.